The molecular formula is C7HF13. The molecule has 0 spiro atoms. The second-order valence-corrected chi connectivity index (χ2v) is 3.25. The van der Waals surface area contributed by atoms with Gasteiger partial charge in [0.15, 0.2) is 0 Å². The van der Waals surface area contributed by atoms with Gasteiger partial charge in [-0.3, -0.25) is 0 Å². The van der Waals surface area contributed by atoms with Gasteiger partial charge >= 0.3 is 30.4 Å². The molecule has 20 heavy (non-hydrogen) atoms. The van der Waals surface area contributed by atoms with Crippen molar-refractivity contribution in [2.45, 2.75) is 30.4 Å². The molecule has 0 saturated heterocycles. The van der Waals surface area contributed by atoms with Crippen LogP contribution in [0.5, 0.6) is 0 Å². The second-order valence-electron chi connectivity index (χ2n) is 3.25. The molecule has 0 heterocycles. The maximum Gasteiger partial charge on any atom is 0.435 e. The fraction of sp³-hybridized carbons (Fsp3) is 0.714. The van der Waals surface area contributed by atoms with Gasteiger partial charge < -0.3 is 0 Å². The smallest absolute Gasteiger partial charge is 0.218 e. The first-order valence-electron chi connectivity index (χ1n) is 4.03. The fourth-order valence-corrected chi connectivity index (χ4v) is 1.01. The quantitative estimate of drug-likeness (QED) is 0.475. The third-order valence-corrected chi connectivity index (χ3v) is 1.77. The molecule has 13 heteroatoms. The first-order chi connectivity index (χ1) is 8.34. The highest BCUT2D eigenvalue weighted by Crippen LogP contribution is 2.55. The van der Waals surface area contributed by atoms with Crippen LogP contribution in [0.3, 0.4) is 0 Å². The molecule has 0 nitrogen and oxygen atoms in total. The lowest BCUT2D eigenvalue weighted by molar-refractivity contribution is -0.337. The van der Waals surface area contributed by atoms with Gasteiger partial charge in [-0.15, -0.1) is 0 Å². The molecule has 120 valence electrons. The molecular weight excluding hydrogens is 331 g/mol. The lowest BCUT2D eigenvalue weighted by Gasteiger charge is -2.33. The van der Waals surface area contributed by atoms with E-state index in [1.165, 1.54) is 0 Å². The SMILES string of the molecule is FC(F)(F)/C=C(\C(F)(F)F)C(F)(C(F)(F)F)C(F)(F)F. The lowest BCUT2D eigenvalue weighted by Crippen LogP contribution is -2.57. The number of halogens is 13. The zero-order valence-electron chi connectivity index (χ0n) is 8.49. The van der Waals surface area contributed by atoms with E-state index in [9.17, 15) is 57.1 Å². The predicted octanol–water partition coefficient (Wildman–Crippen LogP) is 4.87. The normalized spacial score (nSPS) is 16.6. The van der Waals surface area contributed by atoms with Gasteiger partial charge in [0, 0.05) is 6.08 Å². The van der Waals surface area contributed by atoms with E-state index in [4.69, 9.17) is 0 Å². The molecule has 0 aromatic heterocycles. The van der Waals surface area contributed by atoms with Crippen molar-refractivity contribution in [2.24, 2.45) is 0 Å². The molecule has 0 unspecified atom stereocenters. The van der Waals surface area contributed by atoms with E-state index in [2.05, 4.69) is 0 Å². The zero-order chi connectivity index (χ0) is 16.8. The molecule has 0 aromatic rings. The van der Waals surface area contributed by atoms with Gasteiger partial charge in [-0.25, -0.2) is 4.39 Å². The Morgan fingerprint density at radius 3 is 1.00 bits per heavy atom. The third-order valence-electron chi connectivity index (χ3n) is 1.77. The molecule has 0 aromatic carbocycles. The van der Waals surface area contributed by atoms with Crippen molar-refractivity contribution < 1.29 is 57.1 Å². The summed E-state index contributed by atoms with van der Waals surface area (Å²) in [7, 11) is 0. The van der Waals surface area contributed by atoms with Crippen molar-refractivity contribution in [1.82, 2.24) is 0 Å². The van der Waals surface area contributed by atoms with Crippen molar-refractivity contribution in [2.75, 3.05) is 0 Å². The minimum absolute atomic E-state index is 2.41. The maximum atomic E-state index is 13.0. The standard InChI is InChI=1S/C7HF13/c8-3(9,10)1-2(5(12,13)14)4(11,6(15,16)17)7(18,19)20/h1H/b2-1-. The summed E-state index contributed by atoms with van der Waals surface area (Å²) in [6.07, 6.45) is -30.1. The average molecular weight is 332 g/mol. The van der Waals surface area contributed by atoms with Crippen LogP contribution in [-0.2, 0) is 0 Å². The summed E-state index contributed by atoms with van der Waals surface area (Å²) in [6.45, 7) is 0. The van der Waals surface area contributed by atoms with Crippen LogP contribution in [0.2, 0.25) is 0 Å². The van der Waals surface area contributed by atoms with Crippen molar-refractivity contribution >= 4 is 0 Å². The average Bonchev–Trinajstić information content (AvgIpc) is 2.05. The van der Waals surface area contributed by atoms with Crippen molar-refractivity contribution in [3.05, 3.63) is 11.6 Å². The van der Waals surface area contributed by atoms with Gasteiger partial charge in [-0.2, -0.15) is 52.7 Å². The van der Waals surface area contributed by atoms with E-state index >= 15 is 0 Å². The topological polar surface area (TPSA) is 0 Å². The summed E-state index contributed by atoms with van der Waals surface area (Å²) in [5.41, 5.74) is -11.6. The third kappa shape index (κ3) is 3.69. The van der Waals surface area contributed by atoms with E-state index < -0.39 is 42.0 Å². The summed E-state index contributed by atoms with van der Waals surface area (Å²) < 4.78 is 156. The maximum absolute atomic E-state index is 13.0. The summed E-state index contributed by atoms with van der Waals surface area (Å²) in [5, 5.41) is 0. The monoisotopic (exact) mass is 332 g/mol. The molecule has 0 N–H and O–H groups in total. The number of rotatable bonds is 1. The van der Waals surface area contributed by atoms with Gasteiger partial charge in [0.2, 0.25) is 0 Å². The van der Waals surface area contributed by atoms with Gasteiger partial charge in [0.25, 0.3) is 0 Å². The molecule has 0 fully saturated rings. The first kappa shape index (κ1) is 18.8. The Balaban J connectivity index is 6.46. The Hall–Kier alpha value is -1.17. The Labute approximate surface area is 100 Å². The minimum Gasteiger partial charge on any atom is -0.218 e. The van der Waals surface area contributed by atoms with Crippen LogP contribution in [0.1, 0.15) is 0 Å². The molecule has 0 atom stereocenters. The van der Waals surface area contributed by atoms with Gasteiger partial charge in [-0.1, -0.05) is 0 Å². The van der Waals surface area contributed by atoms with Gasteiger partial charge in [-0.05, 0) is 0 Å². The molecule has 0 bridgehead atoms. The Morgan fingerprint density at radius 1 is 0.550 bits per heavy atom. The molecule has 0 aliphatic carbocycles. The van der Waals surface area contributed by atoms with Crippen LogP contribution in [0.15, 0.2) is 11.6 Å². The van der Waals surface area contributed by atoms with Crippen LogP contribution in [0, 0.1) is 0 Å². The molecule has 0 rings (SSSR count). The number of alkyl halides is 13. The van der Waals surface area contributed by atoms with Crippen LogP contribution in [0.4, 0.5) is 57.1 Å². The lowest BCUT2D eigenvalue weighted by atomic mass is 9.92. The Morgan fingerprint density at radius 2 is 0.850 bits per heavy atom. The van der Waals surface area contributed by atoms with E-state index in [-0.39, 0.29) is 0 Å². The molecule has 0 aliphatic rings. The Kier molecular flexibility index (Phi) is 4.41. The highest BCUT2D eigenvalue weighted by Gasteiger charge is 2.78. The van der Waals surface area contributed by atoms with E-state index in [0.29, 0.717) is 0 Å². The second kappa shape index (κ2) is 4.69. The van der Waals surface area contributed by atoms with Gasteiger partial charge in [0.05, 0.1) is 5.57 Å². The minimum atomic E-state index is -7.29. The molecule has 0 amide bonds. The van der Waals surface area contributed by atoms with E-state index in [0.717, 1.165) is 0 Å². The number of hydrogen-bond acceptors (Lipinski definition) is 0. The predicted molar refractivity (Wildman–Crippen MR) is 36.1 cm³/mol. The van der Waals surface area contributed by atoms with Crippen molar-refractivity contribution in [1.29, 1.82) is 0 Å². The van der Waals surface area contributed by atoms with Crippen molar-refractivity contribution in [3.8, 4) is 0 Å². The highest BCUT2D eigenvalue weighted by atomic mass is 19.4. The molecule has 0 radical (unpaired) electrons. The summed E-state index contributed by atoms with van der Waals surface area (Å²) >= 11 is 0. The van der Waals surface area contributed by atoms with Crippen LogP contribution < -0.4 is 0 Å². The van der Waals surface area contributed by atoms with Crippen molar-refractivity contribution in [3.63, 3.8) is 0 Å². The Bertz CT molecular complexity index is 357. The van der Waals surface area contributed by atoms with Crippen LogP contribution in [0.25, 0.3) is 0 Å². The molecule has 0 saturated carbocycles. The highest BCUT2D eigenvalue weighted by molar-refractivity contribution is 5.29. The zero-order valence-corrected chi connectivity index (χ0v) is 8.49. The summed E-state index contributed by atoms with van der Waals surface area (Å²) in [5.74, 6) is 0. The largest absolute Gasteiger partial charge is 0.435 e. The molecule has 0 aliphatic heterocycles. The first-order valence-corrected chi connectivity index (χ1v) is 4.03. The van der Waals surface area contributed by atoms with E-state index in [1.807, 2.05) is 0 Å². The number of allylic oxidation sites excluding steroid dienone is 2. The van der Waals surface area contributed by atoms with Crippen LogP contribution >= 0.6 is 0 Å². The summed E-state index contributed by atoms with van der Waals surface area (Å²) in [4.78, 5) is 0. The van der Waals surface area contributed by atoms with E-state index in [1.54, 1.807) is 0 Å². The number of hydrogen-bond donors (Lipinski definition) is 0. The summed E-state index contributed by atoms with van der Waals surface area (Å²) in [6, 6.07) is 0. The van der Waals surface area contributed by atoms with Gasteiger partial charge in [0.1, 0.15) is 0 Å². The van der Waals surface area contributed by atoms with Crippen LogP contribution in [-0.4, -0.2) is 30.4 Å². The fourth-order valence-electron chi connectivity index (χ4n) is 1.01.